The topological polar surface area (TPSA) is 38.3 Å². The molecule has 0 aromatic heterocycles. The summed E-state index contributed by atoms with van der Waals surface area (Å²) in [5.41, 5.74) is 2.03. The summed E-state index contributed by atoms with van der Waals surface area (Å²) in [6, 6.07) is 21.8. The van der Waals surface area contributed by atoms with Crippen LogP contribution in [0.15, 0.2) is 66.7 Å². The van der Waals surface area contributed by atoms with Gasteiger partial charge in [-0.1, -0.05) is 49.4 Å². The number of hydrogen-bond acceptors (Lipinski definition) is 2. The molecule has 0 aliphatic carbocycles. The molecular weight excluding hydrogens is 298 g/mol. The van der Waals surface area contributed by atoms with Crippen LogP contribution in [0.3, 0.4) is 0 Å². The minimum Gasteiger partial charge on any atom is -0.481 e. The van der Waals surface area contributed by atoms with Gasteiger partial charge in [0.1, 0.15) is 5.75 Å². The SMILES string of the molecule is CCc1ccc(NC(=O)C(C)Oc2ccc3ccccc3c2)cc1. The Morgan fingerprint density at radius 3 is 2.42 bits per heavy atom. The summed E-state index contributed by atoms with van der Waals surface area (Å²) in [6.07, 6.45) is 0.410. The molecule has 0 saturated heterocycles. The summed E-state index contributed by atoms with van der Waals surface area (Å²) in [7, 11) is 0. The van der Waals surface area contributed by atoms with Crippen molar-refractivity contribution >= 4 is 22.4 Å². The van der Waals surface area contributed by atoms with Crippen LogP contribution in [0.25, 0.3) is 10.8 Å². The average molecular weight is 319 g/mol. The van der Waals surface area contributed by atoms with Crippen LogP contribution >= 0.6 is 0 Å². The first-order valence-electron chi connectivity index (χ1n) is 8.21. The van der Waals surface area contributed by atoms with Gasteiger partial charge in [-0.25, -0.2) is 0 Å². The van der Waals surface area contributed by atoms with E-state index >= 15 is 0 Å². The predicted octanol–water partition coefficient (Wildman–Crippen LogP) is 4.81. The molecule has 0 bridgehead atoms. The lowest BCUT2D eigenvalue weighted by molar-refractivity contribution is -0.122. The van der Waals surface area contributed by atoms with E-state index in [1.165, 1.54) is 5.56 Å². The molecule has 24 heavy (non-hydrogen) atoms. The van der Waals surface area contributed by atoms with Gasteiger partial charge in [0.05, 0.1) is 0 Å². The van der Waals surface area contributed by atoms with Crippen molar-refractivity contribution in [3.05, 3.63) is 72.3 Å². The molecule has 0 fully saturated rings. The highest BCUT2D eigenvalue weighted by atomic mass is 16.5. The van der Waals surface area contributed by atoms with Crippen molar-refractivity contribution in [2.75, 3.05) is 5.32 Å². The lowest BCUT2D eigenvalue weighted by Crippen LogP contribution is -2.30. The van der Waals surface area contributed by atoms with Crippen LogP contribution in [0, 0.1) is 0 Å². The molecule has 0 spiro atoms. The fraction of sp³-hybridized carbons (Fsp3) is 0.190. The summed E-state index contributed by atoms with van der Waals surface area (Å²) < 4.78 is 5.79. The fourth-order valence-electron chi connectivity index (χ4n) is 2.57. The summed E-state index contributed by atoms with van der Waals surface area (Å²) >= 11 is 0. The molecule has 1 N–H and O–H groups in total. The highest BCUT2D eigenvalue weighted by Crippen LogP contribution is 2.21. The van der Waals surface area contributed by atoms with Crippen molar-refractivity contribution < 1.29 is 9.53 Å². The van der Waals surface area contributed by atoms with Crippen molar-refractivity contribution in [1.82, 2.24) is 0 Å². The molecule has 3 heteroatoms. The Bertz CT molecular complexity index is 840. The number of amides is 1. The van der Waals surface area contributed by atoms with E-state index in [1.54, 1.807) is 6.92 Å². The van der Waals surface area contributed by atoms with E-state index in [0.717, 1.165) is 22.9 Å². The van der Waals surface area contributed by atoms with Crippen LogP contribution in [-0.4, -0.2) is 12.0 Å². The highest BCUT2D eigenvalue weighted by molar-refractivity contribution is 5.94. The molecule has 1 amide bonds. The number of nitrogens with one attached hydrogen (secondary N) is 1. The van der Waals surface area contributed by atoms with Gasteiger partial charge >= 0.3 is 0 Å². The number of rotatable bonds is 5. The van der Waals surface area contributed by atoms with E-state index in [1.807, 2.05) is 60.7 Å². The molecule has 1 atom stereocenters. The first kappa shape index (κ1) is 16.1. The largest absolute Gasteiger partial charge is 0.481 e. The zero-order chi connectivity index (χ0) is 16.9. The number of aryl methyl sites for hydroxylation is 1. The van der Waals surface area contributed by atoms with E-state index in [4.69, 9.17) is 4.74 Å². The Hall–Kier alpha value is -2.81. The van der Waals surface area contributed by atoms with Crippen molar-refractivity contribution in [3.8, 4) is 5.75 Å². The number of hydrogen-bond donors (Lipinski definition) is 1. The van der Waals surface area contributed by atoms with Gasteiger partial charge in [-0.05, 0) is 53.9 Å². The van der Waals surface area contributed by atoms with E-state index < -0.39 is 6.10 Å². The molecule has 3 rings (SSSR count). The van der Waals surface area contributed by atoms with Gasteiger partial charge in [0.25, 0.3) is 5.91 Å². The Morgan fingerprint density at radius 1 is 1.00 bits per heavy atom. The standard InChI is InChI=1S/C21H21NO2/c1-3-16-8-11-19(12-9-16)22-21(23)15(2)24-20-13-10-17-6-4-5-7-18(17)14-20/h4-15H,3H2,1-2H3,(H,22,23). The number of anilines is 1. The lowest BCUT2D eigenvalue weighted by atomic mass is 10.1. The molecule has 0 aliphatic rings. The van der Waals surface area contributed by atoms with Crippen LogP contribution in [0.1, 0.15) is 19.4 Å². The van der Waals surface area contributed by atoms with Crippen molar-refractivity contribution in [2.45, 2.75) is 26.4 Å². The van der Waals surface area contributed by atoms with Gasteiger partial charge in [-0.15, -0.1) is 0 Å². The summed E-state index contributed by atoms with van der Waals surface area (Å²) in [4.78, 5) is 12.3. The molecule has 0 heterocycles. The van der Waals surface area contributed by atoms with Crippen LogP contribution in [-0.2, 0) is 11.2 Å². The van der Waals surface area contributed by atoms with Crippen molar-refractivity contribution in [1.29, 1.82) is 0 Å². The number of ether oxygens (including phenoxy) is 1. The second-order valence-corrected chi connectivity index (χ2v) is 5.81. The molecule has 3 aromatic carbocycles. The maximum Gasteiger partial charge on any atom is 0.265 e. The lowest BCUT2D eigenvalue weighted by Gasteiger charge is -2.15. The van der Waals surface area contributed by atoms with Crippen LogP contribution in [0.5, 0.6) is 5.75 Å². The van der Waals surface area contributed by atoms with Gasteiger partial charge in [0.2, 0.25) is 0 Å². The van der Waals surface area contributed by atoms with Gasteiger partial charge in [0.15, 0.2) is 6.10 Å². The van der Waals surface area contributed by atoms with Crippen LogP contribution in [0.4, 0.5) is 5.69 Å². The second kappa shape index (κ2) is 7.18. The Balaban J connectivity index is 1.65. The number of benzene rings is 3. The molecule has 3 aromatic rings. The third kappa shape index (κ3) is 3.74. The minimum absolute atomic E-state index is 0.160. The second-order valence-electron chi connectivity index (χ2n) is 5.81. The van der Waals surface area contributed by atoms with Crippen molar-refractivity contribution in [2.24, 2.45) is 0 Å². The van der Waals surface area contributed by atoms with E-state index in [9.17, 15) is 4.79 Å². The Labute approximate surface area is 142 Å². The van der Waals surface area contributed by atoms with Gasteiger partial charge in [-0.3, -0.25) is 4.79 Å². The number of carbonyl (C=O) groups is 1. The van der Waals surface area contributed by atoms with Gasteiger partial charge in [-0.2, -0.15) is 0 Å². The first-order valence-corrected chi connectivity index (χ1v) is 8.21. The molecule has 0 radical (unpaired) electrons. The summed E-state index contributed by atoms with van der Waals surface area (Å²) in [5.74, 6) is 0.532. The van der Waals surface area contributed by atoms with Crippen molar-refractivity contribution in [3.63, 3.8) is 0 Å². The Kier molecular flexibility index (Phi) is 4.80. The minimum atomic E-state index is -0.572. The first-order chi connectivity index (χ1) is 11.7. The highest BCUT2D eigenvalue weighted by Gasteiger charge is 2.15. The normalized spacial score (nSPS) is 11.9. The molecule has 0 saturated carbocycles. The molecule has 0 aliphatic heterocycles. The fourth-order valence-corrected chi connectivity index (χ4v) is 2.57. The van der Waals surface area contributed by atoms with Crippen LogP contribution in [0.2, 0.25) is 0 Å². The van der Waals surface area contributed by atoms with E-state index in [-0.39, 0.29) is 5.91 Å². The van der Waals surface area contributed by atoms with E-state index in [2.05, 4.69) is 18.3 Å². The number of carbonyl (C=O) groups excluding carboxylic acids is 1. The maximum atomic E-state index is 12.3. The monoisotopic (exact) mass is 319 g/mol. The molecule has 3 nitrogen and oxygen atoms in total. The zero-order valence-electron chi connectivity index (χ0n) is 14.0. The van der Waals surface area contributed by atoms with E-state index in [0.29, 0.717) is 5.75 Å². The molecule has 122 valence electrons. The molecule has 1 unspecified atom stereocenters. The summed E-state index contributed by atoms with van der Waals surface area (Å²) in [5, 5.41) is 5.13. The third-order valence-corrected chi connectivity index (χ3v) is 4.03. The zero-order valence-corrected chi connectivity index (χ0v) is 14.0. The average Bonchev–Trinajstić information content (AvgIpc) is 2.62. The molecular formula is C21H21NO2. The van der Waals surface area contributed by atoms with Gasteiger partial charge in [0, 0.05) is 5.69 Å². The van der Waals surface area contributed by atoms with Crippen LogP contribution < -0.4 is 10.1 Å². The van der Waals surface area contributed by atoms with Gasteiger partial charge < -0.3 is 10.1 Å². The smallest absolute Gasteiger partial charge is 0.265 e. The third-order valence-electron chi connectivity index (χ3n) is 4.03. The quantitative estimate of drug-likeness (QED) is 0.733. The maximum absolute atomic E-state index is 12.3. The summed E-state index contributed by atoms with van der Waals surface area (Å²) in [6.45, 7) is 3.86. The number of fused-ring (bicyclic) bond motifs is 1. The Morgan fingerprint density at radius 2 is 1.71 bits per heavy atom. The predicted molar refractivity (Wildman–Crippen MR) is 98.5 cm³/mol.